The Balaban J connectivity index is 1.28. The lowest BCUT2D eigenvalue weighted by Crippen LogP contribution is -2.26. The van der Waals surface area contributed by atoms with Gasteiger partial charge in [0.1, 0.15) is 11.5 Å². The Bertz CT molecular complexity index is 1100. The van der Waals surface area contributed by atoms with Crippen molar-refractivity contribution < 1.29 is 4.79 Å². The Morgan fingerprint density at radius 3 is 2.62 bits per heavy atom. The lowest BCUT2D eigenvalue weighted by molar-refractivity contribution is 0.102. The highest BCUT2D eigenvalue weighted by Crippen LogP contribution is 2.25. The van der Waals surface area contributed by atoms with E-state index in [-0.39, 0.29) is 5.91 Å². The van der Waals surface area contributed by atoms with Crippen LogP contribution in [0.25, 0.3) is 22.6 Å². The highest BCUT2D eigenvalue weighted by Gasteiger charge is 2.16. The lowest BCUT2D eigenvalue weighted by Gasteiger charge is -2.23. The molecule has 4 aromatic rings. The topological polar surface area (TPSA) is 98.5 Å². The number of piperidine rings is 1. The number of imidazole rings is 1. The van der Waals surface area contributed by atoms with Crippen LogP contribution in [0.3, 0.4) is 0 Å². The fourth-order valence-electron chi connectivity index (χ4n) is 3.84. The second-order valence-corrected chi connectivity index (χ2v) is 7.37. The van der Waals surface area contributed by atoms with E-state index < -0.39 is 0 Å². The molecular formula is C22H22N6O. The maximum Gasteiger partial charge on any atom is 0.256 e. The monoisotopic (exact) mass is 386 g/mol. The molecule has 0 unspecified atom stereocenters. The third-order valence-corrected chi connectivity index (χ3v) is 5.44. The molecule has 4 N–H and O–H groups in total. The average molecular weight is 386 g/mol. The van der Waals surface area contributed by atoms with Crippen molar-refractivity contribution in [3.63, 3.8) is 0 Å². The first-order chi connectivity index (χ1) is 14.3. The van der Waals surface area contributed by atoms with Crippen molar-refractivity contribution in [2.45, 2.75) is 18.8 Å². The van der Waals surface area contributed by atoms with E-state index in [4.69, 9.17) is 0 Å². The van der Waals surface area contributed by atoms with E-state index in [0.717, 1.165) is 37.0 Å². The van der Waals surface area contributed by atoms with E-state index in [1.807, 2.05) is 36.4 Å². The summed E-state index contributed by atoms with van der Waals surface area (Å²) in [5.41, 5.74) is 4.41. The summed E-state index contributed by atoms with van der Waals surface area (Å²) in [6, 6.07) is 17.5. The fraction of sp³-hybridized carbons (Fsp3) is 0.227. The second kappa shape index (κ2) is 7.52. The molecular weight excluding hydrogens is 364 g/mol. The van der Waals surface area contributed by atoms with Crippen LogP contribution < -0.4 is 10.6 Å². The molecule has 2 aromatic heterocycles. The van der Waals surface area contributed by atoms with Gasteiger partial charge < -0.3 is 15.6 Å². The number of nitrogens with zero attached hydrogens (tertiary/aromatic N) is 2. The molecule has 1 fully saturated rings. The van der Waals surface area contributed by atoms with Crippen molar-refractivity contribution >= 4 is 22.8 Å². The molecule has 29 heavy (non-hydrogen) atoms. The number of hydrogen-bond donors (Lipinski definition) is 4. The lowest BCUT2D eigenvalue weighted by atomic mass is 9.90. The zero-order chi connectivity index (χ0) is 19.6. The molecule has 0 radical (unpaired) electrons. The Labute approximate surface area is 167 Å². The molecule has 1 saturated heterocycles. The summed E-state index contributed by atoms with van der Waals surface area (Å²) in [5, 5.41) is 13.4. The van der Waals surface area contributed by atoms with Crippen LogP contribution in [0.2, 0.25) is 0 Å². The highest BCUT2D eigenvalue weighted by molar-refractivity contribution is 6.04. The van der Waals surface area contributed by atoms with Crippen LogP contribution in [0.5, 0.6) is 0 Å². The number of para-hydroxylation sites is 2. The van der Waals surface area contributed by atoms with E-state index in [0.29, 0.717) is 28.8 Å². The number of H-pyrrole nitrogens is 2. The highest BCUT2D eigenvalue weighted by atomic mass is 16.1. The van der Waals surface area contributed by atoms with Gasteiger partial charge in [-0.25, -0.2) is 4.98 Å². The van der Waals surface area contributed by atoms with Gasteiger partial charge in [-0.2, -0.15) is 5.10 Å². The summed E-state index contributed by atoms with van der Waals surface area (Å²) in [6.07, 6.45) is 2.29. The molecule has 1 aliphatic heterocycles. The van der Waals surface area contributed by atoms with Crippen LogP contribution >= 0.6 is 0 Å². The van der Waals surface area contributed by atoms with E-state index in [9.17, 15) is 4.79 Å². The smallest absolute Gasteiger partial charge is 0.256 e. The standard InChI is InChI=1S/C22H22N6O/c29-22(16-7-5-14(6-8-16)15-9-11-23-12-10-15)26-20-13-19(27-28-20)21-24-17-3-1-2-4-18(17)25-21/h1-8,13,15,23H,9-12H2,(H,24,25)(H2,26,27,28,29). The first-order valence-corrected chi connectivity index (χ1v) is 9.89. The van der Waals surface area contributed by atoms with Crippen LogP contribution in [0.4, 0.5) is 5.82 Å². The number of anilines is 1. The number of carbonyl (C=O) groups is 1. The van der Waals surface area contributed by atoms with Gasteiger partial charge in [0.05, 0.1) is 11.0 Å². The number of amides is 1. The third kappa shape index (κ3) is 3.64. The normalized spacial score (nSPS) is 14.9. The predicted octanol–water partition coefficient (Wildman–Crippen LogP) is 3.67. The summed E-state index contributed by atoms with van der Waals surface area (Å²) in [4.78, 5) is 20.4. The third-order valence-electron chi connectivity index (χ3n) is 5.44. The largest absolute Gasteiger partial charge is 0.337 e. The van der Waals surface area contributed by atoms with Crippen molar-refractivity contribution in [1.82, 2.24) is 25.5 Å². The number of benzene rings is 2. The molecule has 7 nitrogen and oxygen atoms in total. The molecule has 0 saturated carbocycles. The van der Waals surface area contributed by atoms with Crippen molar-refractivity contribution in [3.05, 3.63) is 65.7 Å². The van der Waals surface area contributed by atoms with Crippen LogP contribution in [0, 0.1) is 0 Å². The number of fused-ring (bicyclic) bond motifs is 1. The van der Waals surface area contributed by atoms with Gasteiger partial charge in [-0.15, -0.1) is 0 Å². The Kier molecular flexibility index (Phi) is 4.57. The van der Waals surface area contributed by atoms with Gasteiger partial charge in [-0.05, 0) is 61.7 Å². The Hall–Kier alpha value is -3.45. The summed E-state index contributed by atoms with van der Waals surface area (Å²) in [5.74, 6) is 1.61. The molecule has 3 heterocycles. The van der Waals surface area contributed by atoms with Gasteiger partial charge in [-0.3, -0.25) is 9.89 Å². The average Bonchev–Trinajstić information content (AvgIpc) is 3.41. The zero-order valence-corrected chi connectivity index (χ0v) is 15.9. The van der Waals surface area contributed by atoms with Gasteiger partial charge in [0, 0.05) is 11.6 Å². The van der Waals surface area contributed by atoms with Crippen LogP contribution in [0.1, 0.15) is 34.7 Å². The number of nitrogens with one attached hydrogen (secondary N) is 4. The minimum Gasteiger partial charge on any atom is -0.337 e. The van der Waals surface area contributed by atoms with E-state index in [1.54, 1.807) is 6.07 Å². The van der Waals surface area contributed by atoms with Gasteiger partial charge in [0.2, 0.25) is 0 Å². The van der Waals surface area contributed by atoms with Gasteiger partial charge in [-0.1, -0.05) is 24.3 Å². The Morgan fingerprint density at radius 1 is 1.03 bits per heavy atom. The summed E-state index contributed by atoms with van der Waals surface area (Å²) >= 11 is 0. The first-order valence-electron chi connectivity index (χ1n) is 9.89. The van der Waals surface area contributed by atoms with Gasteiger partial charge in [0.25, 0.3) is 5.91 Å². The zero-order valence-electron chi connectivity index (χ0n) is 15.9. The molecule has 0 aliphatic carbocycles. The van der Waals surface area contributed by atoms with Crippen molar-refractivity contribution in [2.24, 2.45) is 0 Å². The summed E-state index contributed by atoms with van der Waals surface area (Å²) < 4.78 is 0. The van der Waals surface area contributed by atoms with E-state index >= 15 is 0 Å². The minimum absolute atomic E-state index is 0.165. The molecule has 0 atom stereocenters. The van der Waals surface area contributed by atoms with Crippen LogP contribution in [0.15, 0.2) is 54.6 Å². The number of hydrogen-bond acceptors (Lipinski definition) is 4. The van der Waals surface area contributed by atoms with E-state index in [1.165, 1.54) is 5.56 Å². The Morgan fingerprint density at radius 2 is 1.83 bits per heavy atom. The van der Waals surface area contributed by atoms with Crippen LogP contribution in [-0.2, 0) is 0 Å². The van der Waals surface area contributed by atoms with Crippen LogP contribution in [-0.4, -0.2) is 39.2 Å². The second-order valence-electron chi connectivity index (χ2n) is 7.37. The fourth-order valence-corrected chi connectivity index (χ4v) is 3.84. The summed E-state index contributed by atoms with van der Waals surface area (Å²) in [7, 11) is 0. The SMILES string of the molecule is O=C(Nc1cc(-c2nc3ccccc3[nH]2)n[nH]1)c1ccc(C2CCNCC2)cc1. The molecule has 0 bridgehead atoms. The molecule has 1 aliphatic rings. The molecule has 2 aromatic carbocycles. The van der Waals surface area contributed by atoms with Gasteiger partial charge in [0.15, 0.2) is 5.82 Å². The van der Waals surface area contributed by atoms with E-state index in [2.05, 4.69) is 42.9 Å². The number of aromatic amines is 2. The maximum atomic E-state index is 12.6. The summed E-state index contributed by atoms with van der Waals surface area (Å²) in [6.45, 7) is 2.11. The molecule has 5 rings (SSSR count). The quantitative estimate of drug-likeness (QED) is 0.430. The number of rotatable bonds is 4. The first kappa shape index (κ1) is 17.6. The number of aromatic nitrogens is 4. The van der Waals surface area contributed by atoms with Crippen molar-refractivity contribution in [2.75, 3.05) is 18.4 Å². The maximum absolute atomic E-state index is 12.6. The molecule has 0 spiro atoms. The predicted molar refractivity (Wildman–Crippen MR) is 113 cm³/mol. The molecule has 1 amide bonds. The number of carbonyl (C=O) groups excluding carboxylic acids is 1. The molecule has 7 heteroatoms. The minimum atomic E-state index is -0.165. The van der Waals surface area contributed by atoms with Crippen molar-refractivity contribution in [3.8, 4) is 11.5 Å². The van der Waals surface area contributed by atoms with Gasteiger partial charge >= 0.3 is 0 Å². The molecule has 146 valence electrons. The van der Waals surface area contributed by atoms with Crippen molar-refractivity contribution in [1.29, 1.82) is 0 Å².